The minimum atomic E-state index is -0.763. The van der Waals surface area contributed by atoms with Crippen LogP contribution in [0.2, 0.25) is 0 Å². The molecule has 0 aromatic heterocycles. The molecule has 0 saturated carbocycles. The van der Waals surface area contributed by atoms with Crippen LogP contribution >= 0.6 is 0 Å². The van der Waals surface area contributed by atoms with Crippen molar-refractivity contribution >= 4 is 23.3 Å². The van der Waals surface area contributed by atoms with E-state index in [2.05, 4.69) is 29.0 Å². The van der Waals surface area contributed by atoms with Gasteiger partial charge in [0.1, 0.15) is 24.8 Å². The second-order valence-electron chi connectivity index (χ2n) is 11.8. The highest BCUT2D eigenvalue weighted by Gasteiger charge is 2.52. The van der Waals surface area contributed by atoms with Gasteiger partial charge in [-0.1, -0.05) is 20.8 Å². The number of amides is 2. The van der Waals surface area contributed by atoms with E-state index in [0.29, 0.717) is 18.0 Å². The first-order chi connectivity index (χ1) is 16.9. The average Bonchev–Trinajstić information content (AvgIpc) is 3.37. The maximum absolute atomic E-state index is 13.6. The summed E-state index contributed by atoms with van der Waals surface area (Å²) in [5.74, 6) is -0.713. The molecule has 1 aromatic carbocycles. The van der Waals surface area contributed by atoms with Crippen LogP contribution in [-0.4, -0.2) is 97.0 Å². The second-order valence-corrected chi connectivity index (χ2v) is 11.8. The molecule has 36 heavy (non-hydrogen) atoms. The summed E-state index contributed by atoms with van der Waals surface area (Å²) in [7, 11) is 0. The molecular weight excluding hydrogens is 458 g/mol. The monoisotopic (exact) mass is 499 g/mol. The lowest BCUT2D eigenvalue weighted by Crippen LogP contribution is -2.53. The van der Waals surface area contributed by atoms with Crippen LogP contribution in [0.25, 0.3) is 0 Å². The number of piperazine rings is 1. The highest BCUT2D eigenvalue weighted by molar-refractivity contribution is 5.99. The molecule has 0 bridgehead atoms. The molecule has 9 nitrogen and oxygen atoms in total. The lowest BCUT2D eigenvalue weighted by Gasteiger charge is -2.38. The number of carbonyl (C=O) groups is 3. The number of hydrogen-bond acceptors (Lipinski definition) is 7. The molecular formula is C27H41N5O4. The zero-order valence-corrected chi connectivity index (χ0v) is 22.2. The molecule has 198 valence electrons. The fourth-order valence-corrected chi connectivity index (χ4v) is 5.49. The van der Waals surface area contributed by atoms with Gasteiger partial charge in [0.15, 0.2) is 5.78 Å². The minimum Gasteiger partial charge on any atom is -0.369 e. The summed E-state index contributed by atoms with van der Waals surface area (Å²) >= 11 is 0. The quantitative estimate of drug-likeness (QED) is 0.607. The molecule has 4 rings (SSSR count). The average molecular weight is 500 g/mol. The van der Waals surface area contributed by atoms with Gasteiger partial charge in [-0.2, -0.15) is 0 Å². The summed E-state index contributed by atoms with van der Waals surface area (Å²) in [5.41, 5.74) is 7.54. The molecule has 4 atom stereocenters. The molecule has 3 fully saturated rings. The van der Waals surface area contributed by atoms with Gasteiger partial charge in [0.05, 0.1) is 6.04 Å². The Balaban J connectivity index is 1.44. The number of benzene rings is 1. The Labute approximate surface area is 214 Å². The summed E-state index contributed by atoms with van der Waals surface area (Å²) in [6.07, 6.45) is -0.0316. The SMILES string of the molecule is CC(C)N1CCN(c2ccc(C(=O)N[C@@H](CC(C)(C)C)C(=O)N3C[C@H](N)[C@H]4OCC(=O)[C@H]43)cc2)CC1. The van der Waals surface area contributed by atoms with Gasteiger partial charge in [0.2, 0.25) is 5.91 Å². The van der Waals surface area contributed by atoms with Crippen LogP contribution in [-0.2, 0) is 14.3 Å². The topological polar surface area (TPSA) is 108 Å². The lowest BCUT2D eigenvalue weighted by atomic mass is 9.87. The number of ether oxygens (including phenoxy) is 1. The zero-order chi connectivity index (χ0) is 26.2. The van der Waals surface area contributed by atoms with Crippen LogP contribution < -0.4 is 16.0 Å². The normalized spacial score (nSPS) is 25.9. The molecule has 2 amide bonds. The Morgan fingerprint density at radius 2 is 1.75 bits per heavy atom. The molecule has 9 heteroatoms. The van der Waals surface area contributed by atoms with Crippen LogP contribution in [0.5, 0.6) is 0 Å². The summed E-state index contributed by atoms with van der Waals surface area (Å²) in [6.45, 7) is 14.7. The van der Waals surface area contributed by atoms with Crippen LogP contribution in [0.3, 0.4) is 0 Å². The Morgan fingerprint density at radius 1 is 1.11 bits per heavy atom. The Morgan fingerprint density at radius 3 is 2.33 bits per heavy atom. The molecule has 0 aliphatic carbocycles. The summed E-state index contributed by atoms with van der Waals surface area (Å²) in [5, 5.41) is 2.95. The van der Waals surface area contributed by atoms with E-state index < -0.39 is 24.2 Å². The number of anilines is 1. The van der Waals surface area contributed by atoms with Crippen molar-refractivity contribution in [2.45, 2.75) is 71.3 Å². The molecule has 3 aliphatic heterocycles. The van der Waals surface area contributed by atoms with Gasteiger partial charge in [-0.3, -0.25) is 19.3 Å². The number of carbonyl (C=O) groups excluding carboxylic acids is 3. The van der Waals surface area contributed by atoms with E-state index in [1.807, 2.05) is 45.0 Å². The number of nitrogens with zero attached hydrogens (tertiary/aromatic N) is 3. The van der Waals surface area contributed by atoms with Crippen LogP contribution in [0, 0.1) is 5.41 Å². The summed E-state index contributed by atoms with van der Waals surface area (Å²) < 4.78 is 5.53. The standard InChI is InChI=1S/C27H41N5O4/c1-17(2)30-10-12-31(13-11-30)19-8-6-18(7-9-19)25(34)29-21(14-27(3,4)5)26(35)32-15-20(28)24-23(32)22(33)16-36-24/h6-9,17,20-21,23-24H,10-16,28H2,1-5H3,(H,29,34)/t20-,21-,23+,24+/m0/s1. The van der Waals surface area contributed by atoms with Gasteiger partial charge >= 0.3 is 0 Å². The molecule has 3 aliphatic rings. The molecule has 3 N–H and O–H groups in total. The first-order valence-electron chi connectivity index (χ1n) is 13.0. The maximum atomic E-state index is 13.6. The number of nitrogens with two attached hydrogens (primary N) is 1. The first kappa shape index (κ1) is 26.6. The van der Waals surface area contributed by atoms with E-state index in [-0.39, 0.29) is 36.2 Å². The smallest absolute Gasteiger partial charge is 0.251 e. The van der Waals surface area contributed by atoms with Crippen molar-refractivity contribution in [3.63, 3.8) is 0 Å². The van der Waals surface area contributed by atoms with Crippen LogP contribution in [0.4, 0.5) is 5.69 Å². The highest BCUT2D eigenvalue weighted by atomic mass is 16.5. The Bertz CT molecular complexity index is 965. The van der Waals surface area contributed by atoms with Gasteiger partial charge in [0.25, 0.3) is 5.91 Å². The minimum absolute atomic E-state index is 0.0258. The molecule has 3 heterocycles. The number of rotatable bonds is 6. The van der Waals surface area contributed by atoms with Crippen molar-refractivity contribution in [2.24, 2.45) is 11.1 Å². The number of likely N-dealkylation sites (tertiary alicyclic amines) is 1. The van der Waals surface area contributed by atoms with Crippen molar-refractivity contribution in [2.75, 3.05) is 44.2 Å². The Hall–Kier alpha value is -2.49. The molecule has 3 saturated heterocycles. The predicted molar refractivity (Wildman–Crippen MR) is 139 cm³/mol. The van der Waals surface area contributed by atoms with Gasteiger partial charge in [-0.15, -0.1) is 0 Å². The maximum Gasteiger partial charge on any atom is 0.251 e. The number of nitrogens with one attached hydrogen (secondary N) is 1. The van der Waals surface area contributed by atoms with E-state index in [9.17, 15) is 14.4 Å². The van der Waals surface area contributed by atoms with Gasteiger partial charge in [0, 0.05) is 50.0 Å². The number of ketones is 1. The van der Waals surface area contributed by atoms with Crippen molar-refractivity contribution in [3.05, 3.63) is 29.8 Å². The van der Waals surface area contributed by atoms with E-state index in [0.717, 1.165) is 31.9 Å². The number of hydrogen-bond donors (Lipinski definition) is 2. The largest absolute Gasteiger partial charge is 0.369 e. The van der Waals surface area contributed by atoms with E-state index >= 15 is 0 Å². The van der Waals surface area contributed by atoms with Crippen LogP contribution in [0.15, 0.2) is 24.3 Å². The highest BCUT2D eigenvalue weighted by Crippen LogP contribution is 2.29. The number of Topliss-reactive ketones (excluding diaryl/α,β-unsaturated/α-hetero) is 1. The van der Waals surface area contributed by atoms with Gasteiger partial charge < -0.3 is 25.6 Å². The lowest BCUT2D eigenvalue weighted by molar-refractivity contribution is -0.138. The predicted octanol–water partition coefficient (Wildman–Crippen LogP) is 1.26. The van der Waals surface area contributed by atoms with Crippen molar-refractivity contribution in [1.82, 2.24) is 15.1 Å². The fourth-order valence-electron chi connectivity index (χ4n) is 5.49. The molecule has 0 spiro atoms. The third-order valence-corrected chi connectivity index (χ3v) is 7.47. The molecule has 0 unspecified atom stereocenters. The van der Waals surface area contributed by atoms with Gasteiger partial charge in [-0.25, -0.2) is 0 Å². The summed E-state index contributed by atoms with van der Waals surface area (Å²) in [4.78, 5) is 45.5. The summed E-state index contributed by atoms with van der Waals surface area (Å²) in [6, 6.07) is 6.28. The second kappa shape index (κ2) is 10.5. The van der Waals surface area contributed by atoms with Crippen molar-refractivity contribution < 1.29 is 19.1 Å². The van der Waals surface area contributed by atoms with E-state index in [4.69, 9.17) is 10.5 Å². The third-order valence-electron chi connectivity index (χ3n) is 7.47. The van der Waals surface area contributed by atoms with E-state index in [1.54, 1.807) is 0 Å². The number of fused-ring (bicyclic) bond motifs is 1. The molecule has 1 aromatic rings. The van der Waals surface area contributed by atoms with Crippen LogP contribution in [0.1, 0.15) is 51.4 Å². The third kappa shape index (κ3) is 5.74. The zero-order valence-electron chi connectivity index (χ0n) is 22.2. The molecule has 0 radical (unpaired) electrons. The first-order valence-corrected chi connectivity index (χ1v) is 13.0. The van der Waals surface area contributed by atoms with Crippen molar-refractivity contribution in [3.8, 4) is 0 Å². The van der Waals surface area contributed by atoms with Gasteiger partial charge in [-0.05, 0) is 49.9 Å². The van der Waals surface area contributed by atoms with Crippen molar-refractivity contribution in [1.29, 1.82) is 0 Å². The fraction of sp³-hybridized carbons (Fsp3) is 0.667. The Kier molecular flexibility index (Phi) is 7.73. The van der Waals surface area contributed by atoms with E-state index in [1.165, 1.54) is 4.90 Å².